The summed E-state index contributed by atoms with van der Waals surface area (Å²) in [6.07, 6.45) is 3.07. The van der Waals surface area contributed by atoms with E-state index in [1.54, 1.807) is 0 Å². The second kappa shape index (κ2) is 7.99. The van der Waals surface area contributed by atoms with Crippen molar-refractivity contribution in [1.29, 1.82) is 0 Å². The third-order valence-corrected chi connectivity index (χ3v) is 5.18. The van der Waals surface area contributed by atoms with Crippen molar-refractivity contribution in [3.05, 3.63) is 29.8 Å². The lowest BCUT2D eigenvalue weighted by atomic mass is 9.89. The number of rotatable bonds is 5. The molecule has 132 valence electrons. The number of ether oxygens (including phenoxy) is 2. The van der Waals surface area contributed by atoms with Crippen LogP contribution in [0.3, 0.4) is 0 Å². The number of aliphatic hydroxyl groups is 1. The molecule has 2 fully saturated rings. The lowest BCUT2D eigenvalue weighted by molar-refractivity contribution is -0.138. The molecule has 0 saturated carbocycles. The van der Waals surface area contributed by atoms with Gasteiger partial charge in [0.15, 0.2) is 6.61 Å². The Morgan fingerprint density at radius 1 is 1.38 bits per heavy atom. The third kappa shape index (κ3) is 3.73. The molecule has 2 aliphatic heterocycles. The fraction of sp³-hybridized carbons (Fsp3) is 0.632. The number of hydrogen-bond acceptors (Lipinski definition) is 4. The van der Waals surface area contributed by atoms with Crippen LogP contribution in [0, 0.1) is 5.92 Å². The standard InChI is InChI=1S/C19H27NO4/c1-2-14-6-3-4-8-18(14)24-13-19(22)20-10-5-7-16(20)15-12-23-11-9-17(15)21/h3-4,6,8,15-17,21H,2,5,7,9-13H2,1H3/t15-,16-,17-/m1/s1. The molecule has 2 aliphatic rings. The molecular weight excluding hydrogens is 306 g/mol. The summed E-state index contributed by atoms with van der Waals surface area (Å²) in [5.74, 6) is 0.805. The van der Waals surface area contributed by atoms with Crippen molar-refractivity contribution in [1.82, 2.24) is 4.90 Å². The van der Waals surface area contributed by atoms with Gasteiger partial charge in [0.1, 0.15) is 5.75 Å². The first-order chi connectivity index (χ1) is 11.7. The van der Waals surface area contributed by atoms with Gasteiger partial charge in [0, 0.05) is 25.1 Å². The summed E-state index contributed by atoms with van der Waals surface area (Å²) in [7, 11) is 0. The quantitative estimate of drug-likeness (QED) is 0.895. The van der Waals surface area contributed by atoms with Crippen LogP contribution < -0.4 is 4.74 Å². The van der Waals surface area contributed by atoms with E-state index in [1.807, 2.05) is 29.2 Å². The molecule has 0 aliphatic carbocycles. The minimum atomic E-state index is -0.376. The molecule has 0 bridgehead atoms. The summed E-state index contributed by atoms with van der Waals surface area (Å²) >= 11 is 0. The number of likely N-dealkylation sites (tertiary alicyclic amines) is 1. The molecule has 1 N–H and O–H groups in total. The summed E-state index contributed by atoms with van der Waals surface area (Å²) in [6.45, 7) is 4.01. The number of aryl methyl sites for hydroxylation is 1. The van der Waals surface area contributed by atoms with Gasteiger partial charge >= 0.3 is 0 Å². The number of benzene rings is 1. The SMILES string of the molecule is CCc1ccccc1OCC(=O)N1CCC[C@@H]1[C@H]1COCC[C@H]1O. The molecule has 0 unspecified atom stereocenters. The Morgan fingerprint density at radius 2 is 2.21 bits per heavy atom. The lowest BCUT2D eigenvalue weighted by Crippen LogP contribution is -2.49. The zero-order valence-electron chi connectivity index (χ0n) is 14.3. The Hall–Kier alpha value is -1.59. The smallest absolute Gasteiger partial charge is 0.260 e. The fourth-order valence-corrected chi connectivity index (χ4v) is 3.82. The highest BCUT2D eigenvalue weighted by Gasteiger charge is 2.39. The van der Waals surface area contributed by atoms with Gasteiger partial charge in [-0.15, -0.1) is 0 Å². The topological polar surface area (TPSA) is 59.0 Å². The predicted octanol–water partition coefficient (Wildman–Crippen LogP) is 2.02. The van der Waals surface area contributed by atoms with Gasteiger partial charge in [-0.05, 0) is 37.3 Å². The highest BCUT2D eigenvalue weighted by molar-refractivity contribution is 5.78. The summed E-state index contributed by atoms with van der Waals surface area (Å²) in [6, 6.07) is 7.90. The zero-order chi connectivity index (χ0) is 16.9. The van der Waals surface area contributed by atoms with E-state index in [0.717, 1.165) is 37.1 Å². The van der Waals surface area contributed by atoms with Crippen LogP contribution in [-0.4, -0.2) is 54.4 Å². The Kier molecular flexibility index (Phi) is 5.74. The maximum absolute atomic E-state index is 12.7. The Morgan fingerprint density at radius 3 is 3.00 bits per heavy atom. The van der Waals surface area contributed by atoms with Crippen LogP contribution >= 0.6 is 0 Å². The Bertz CT molecular complexity index is 562. The van der Waals surface area contributed by atoms with E-state index in [2.05, 4.69) is 6.92 Å². The van der Waals surface area contributed by atoms with Crippen molar-refractivity contribution < 1.29 is 19.4 Å². The maximum atomic E-state index is 12.7. The summed E-state index contributed by atoms with van der Waals surface area (Å²) in [5.41, 5.74) is 1.11. The number of nitrogens with zero attached hydrogens (tertiary/aromatic N) is 1. The molecule has 3 rings (SSSR count). The van der Waals surface area contributed by atoms with Gasteiger partial charge in [-0.3, -0.25) is 4.79 Å². The van der Waals surface area contributed by atoms with Gasteiger partial charge in [-0.2, -0.15) is 0 Å². The molecule has 5 nitrogen and oxygen atoms in total. The largest absolute Gasteiger partial charge is 0.483 e. The predicted molar refractivity (Wildman–Crippen MR) is 91.0 cm³/mol. The first-order valence-electron chi connectivity index (χ1n) is 8.96. The second-order valence-corrected chi connectivity index (χ2v) is 6.64. The van der Waals surface area contributed by atoms with Crippen molar-refractivity contribution >= 4 is 5.91 Å². The van der Waals surface area contributed by atoms with Crippen molar-refractivity contribution in [2.45, 2.75) is 44.8 Å². The van der Waals surface area contributed by atoms with Crippen molar-refractivity contribution in [2.24, 2.45) is 5.92 Å². The minimum absolute atomic E-state index is 0.00109. The van der Waals surface area contributed by atoms with Crippen LogP contribution in [0.2, 0.25) is 0 Å². The van der Waals surface area contributed by atoms with E-state index in [-0.39, 0.29) is 30.6 Å². The van der Waals surface area contributed by atoms with Crippen molar-refractivity contribution in [2.75, 3.05) is 26.4 Å². The van der Waals surface area contributed by atoms with Crippen LogP contribution in [0.5, 0.6) is 5.75 Å². The maximum Gasteiger partial charge on any atom is 0.260 e. The van der Waals surface area contributed by atoms with E-state index < -0.39 is 0 Å². The van der Waals surface area contributed by atoms with Crippen LogP contribution in [0.15, 0.2) is 24.3 Å². The van der Waals surface area contributed by atoms with Gasteiger partial charge in [-0.25, -0.2) is 0 Å². The van der Waals surface area contributed by atoms with E-state index >= 15 is 0 Å². The first-order valence-corrected chi connectivity index (χ1v) is 8.96. The second-order valence-electron chi connectivity index (χ2n) is 6.64. The molecule has 1 amide bonds. The number of hydrogen-bond donors (Lipinski definition) is 1. The van der Waals surface area contributed by atoms with Gasteiger partial charge in [0.2, 0.25) is 0 Å². The van der Waals surface area contributed by atoms with E-state index in [4.69, 9.17) is 9.47 Å². The Balaban J connectivity index is 1.61. The van der Waals surface area contributed by atoms with Crippen LogP contribution in [0.25, 0.3) is 0 Å². The molecule has 2 saturated heterocycles. The number of aliphatic hydroxyl groups excluding tert-OH is 1. The Labute approximate surface area is 143 Å². The summed E-state index contributed by atoms with van der Waals surface area (Å²) in [4.78, 5) is 14.5. The molecule has 3 atom stereocenters. The van der Waals surface area contributed by atoms with Gasteiger partial charge in [-0.1, -0.05) is 25.1 Å². The lowest BCUT2D eigenvalue weighted by Gasteiger charge is -2.36. The fourth-order valence-electron chi connectivity index (χ4n) is 3.82. The molecule has 0 spiro atoms. The number of carbonyl (C=O) groups excluding carboxylic acids is 1. The average molecular weight is 333 g/mol. The molecule has 24 heavy (non-hydrogen) atoms. The molecule has 0 radical (unpaired) electrons. The molecular formula is C19H27NO4. The molecule has 1 aromatic rings. The van der Waals surface area contributed by atoms with E-state index in [1.165, 1.54) is 0 Å². The van der Waals surface area contributed by atoms with Crippen LogP contribution in [0.1, 0.15) is 31.7 Å². The number of amides is 1. The zero-order valence-corrected chi connectivity index (χ0v) is 14.3. The van der Waals surface area contributed by atoms with E-state index in [9.17, 15) is 9.90 Å². The van der Waals surface area contributed by atoms with Gasteiger partial charge < -0.3 is 19.5 Å². The van der Waals surface area contributed by atoms with E-state index in [0.29, 0.717) is 19.6 Å². The minimum Gasteiger partial charge on any atom is -0.483 e. The van der Waals surface area contributed by atoms with Gasteiger partial charge in [0.25, 0.3) is 5.91 Å². The normalized spacial score (nSPS) is 27.2. The summed E-state index contributed by atoms with van der Waals surface area (Å²) in [5, 5.41) is 10.3. The average Bonchev–Trinajstić information content (AvgIpc) is 3.10. The number of para-hydroxylation sites is 1. The molecule has 2 heterocycles. The highest BCUT2D eigenvalue weighted by Crippen LogP contribution is 2.30. The third-order valence-electron chi connectivity index (χ3n) is 5.18. The molecule has 1 aromatic carbocycles. The highest BCUT2D eigenvalue weighted by atomic mass is 16.5. The monoisotopic (exact) mass is 333 g/mol. The first kappa shape index (κ1) is 17.2. The number of carbonyl (C=O) groups is 1. The van der Waals surface area contributed by atoms with Gasteiger partial charge in [0.05, 0.1) is 12.7 Å². The molecule has 0 aromatic heterocycles. The van der Waals surface area contributed by atoms with Crippen LogP contribution in [0.4, 0.5) is 0 Å². The van der Waals surface area contributed by atoms with Crippen LogP contribution in [-0.2, 0) is 16.0 Å². The molecule has 5 heteroatoms. The van der Waals surface area contributed by atoms with Crippen molar-refractivity contribution in [3.63, 3.8) is 0 Å². The summed E-state index contributed by atoms with van der Waals surface area (Å²) < 4.78 is 11.3. The van der Waals surface area contributed by atoms with Crippen molar-refractivity contribution in [3.8, 4) is 5.75 Å².